The summed E-state index contributed by atoms with van der Waals surface area (Å²) in [4.78, 5) is 24.5. The molecule has 1 atom stereocenters. The molecule has 0 N–H and O–H groups in total. The van der Waals surface area contributed by atoms with E-state index >= 15 is 0 Å². The summed E-state index contributed by atoms with van der Waals surface area (Å²) in [5, 5.41) is 10.7. The van der Waals surface area contributed by atoms with Crippen LogP contribution in [0.15, 0.2) is 47.1 Å². The number of amides is 1. The van der Waals surface area contributed by atoms with Gasteiger partial charge in [-0.05, 0) is 30.7 Å². The summed E-state index contributed by atoms with van der Waals surface area (Å²) in [5.74, 6) is 0.111. The quantitative estimate of drug-likeness (QED) is 0.593. The second kappa shape index (κ2) is 6.67. The van der Waals surface area contributed by atoms with Gasteiger partial charge in [0.2, 0.25) is 0 Å². The number of hydrogen-bond acceptors (Lipinski definition) is 6. The van der Waals surface area contributed by atoms with Gasteiger partial charge in [-0.15, -0.1) is 0 Å². The minimum Gasteiger partial charge on any atom is -0.467 e. The SMILES string of the molecule is O=C(c1ccc([N+](=O)[O-])cc1)N(Cc1ccco1)[C@H]1CCS(=O)(=O)C1. The molecule has 25 heavy (non-hydrogen) atoms. The van der Waals surface area contributed by atoms with Crippen molar-refractivity contribution in [3.05, 3.63) is 64.1 Å². The van der Waals surface area contributed by atoms with Crippen LogP contribution in [0.4, 0.5) is 5.69 Å². The first-order chi connectivity index (χ1) is 11.9. The maximum absolute atomic E-state index is 12.9. The van der Waals surface area contributed by atoms with E-state index in [4.69, 9.17) is 4.42 Å². The van der Waals surface area contributed by atoms with E-state index < -0.39 is 20.8 Å². The number of carbonyl (C=O) groups is 1. The first-order valence-corrected chi connectivity index (χ1v) is 9.46. The summed E-state index contributed by atoms with van der Waals surface area (Å²) in [7, 11) is -3.17. The minimum absolute atomic E-state index is 0.0415. The van der Waals surface area contributed by atoms with Crippen LogP contribution in [0.1, 0.15) is 22.5 Å². The van der Waals surface area contributed by atoms with E-state index in [-0.39, 0.29) is 35.2 Å². The number of furan rings is 1. The summed E-state index contributed by atoms with van der Waals surface area (Å²) >= 11 is 0. The first-order valence-electron chi connectivity index (χ1n) is 7.64. The number of hydrogen-bond donors (Lipinski definition) is 0. The zero-order valence-corrected chi connectivity index (χ0v) is 14.0. The molecule has 3 rings (SSSR count). The third-order valence-electron chi connectivity index (χ3n) is 4.14. The Bertz CT molecular complexity index is 874. The Labute approximate surface area is 144 Å². The molecule has 1 aromatic heterocycles. The van der Waals surface area contributed by atoms with Gasteiger partial charge >= 0.3 is 0 Å². The lowest BCUT2D eigenvalue weighted by atomic mass is 10.1. The molecule has 0 saturated carbocycles. The third kappa shape index (κ3) is 3.87. The first kappa shape index (κ1) is 17.2. The Balaban J connectivity index is 1.87. The molecule has 2 heterocycles. The molecule has 0 spiro atoms. The summed E-state index contributed by atoms with van der Waals surface area (Å²) in [5.41, 5.74) is 0.152. The van der Waals surface area contributed by atoms with Crippen molar-refractivity contribution < 1.29 is 22.6 Å². The van der Waals surface area contributed by atoms with Crippen molar-refractivity contribution in [2.75, 3.05) is 11.5 Å². The van der Waals surface area contributed by atoms with Crippen LogP contribution in [0.2, 0.25) is 0 Å². The fourth-order valence-electron chi connectivity index (χ4n) is 2.85. The van der Waals surface area contributed by atoms with Crippen molar-refractivity contribution in [1.29, 1.82) is 0 Å². The molecule has 1 aliphatic rings. The van der Waals surface area contributed by atoms with Gasteiger partial charge in [0.25, 0.3) is 11.6 Å². The van der Waals surface area contributed by atoms with Gasteiger partial charge < -0.3 is 9.32 Å². The number of rotatable bonds is 5. The Morgan fingerprint density at radius 1 is 1.28 bits per heavy atom. The van der Waals surface area contributed by atoms with Crippen LogP contribution in [-0.4, -0.2) is 41.7 Å². The number of benzene rings is 1. The third-order valence-corrected chi connectivity index (χ3v) is 5.89. The molecule has 2 aromatic rings. The van der Waals surface area contributed by atoms with Gasteiger partial charge in [-0.3, -0.25) is 14.9 Å². The van der Waals surface area contributed by atoms with Gasteiger partial charge in [-0.1, -0.05) is 0 Å². The number of sulfone groups is 1. The van der Waals surface area contributed by atoms with Crippen molar-refractivity contribution in [2.24, 2.45) is 0 Å². The maximum atomic E-state index is 12.9. The lowest BCUT2D eigenvalue weighted by Gasteiger charge is -2.27. The predicted octanol–water partition coefficient (Wildman–Crippen LogP) is 2.02. The smallest absolute Gasteiger partial charge is 0.269 e. The van der Waals surface area contributed by atoms with Crippen molar-refractivity contribution in [3.8, 4) is 0 Å². The van der Waals surface area contributed by atoms with E-state index in [1.807, 2.05) is 0 Å². The average Bonchev–Trinajstić information content (AvgIpc) is 3.21. The highest BCUT2D eigenvalue weighted by Crippen LogP contribution is 2.23. The van der Waals surface area contributed by atoms with E-state index in [0.29, 0.717) is 12.2 Å². The van der Waals surface area contributed by atoms with Gasteiger partial charge in [0.1, 0.15) is 5.76 Å². The molecule has 8 nitrogen and oxygen atoms in total. The van der Waals surface area contributed by atoms with E-state index in [0.717, 1.165) is 0 Å². The van der Waals surface area contributed by atoms with Crippen LogP contribution in [0, 0.1) is 10.1 Å². The molecule has 1 amide bonds. The molecule has 1 aromatic carbocycles. The zero-order chi connectivity index (χ0) is 18.0. The summed E-state index contributed by atoms with van der Waals surface area (Å²) in [6, 6.07) is 8.21. The van der Waals surface area contributed by atoms with Crippen molar-refractivity contribution in [3.63, 3.8) is 0 Å². The second-order valence-electron chi connectivity index (χ2n) is 5.87. The zero-order valence-electron chi connectivity index (χ0n) is 13.2. The van der Waals surface area contributed by atoms with Gasteiger partial charge in [0.15, 0.2) is 9.84 Å². The van der Waals surface area contributed by atoms with Crippen molar-refractivity contribution in [2.45, 2.75) is 19.0 Å². The number of non-ortho nitro benzene ring substituents is 1. The highest BCUT2D eigenvalue weighted by atomic mass is 32.2. The van der Waals surface area contributed by atoms with Gasteiger partial charge in [0, 0.05) is 23.7 Å². The largest absolute Gasteiger partial charge is 0.467 e. The lowest BCUT2D eigenvalue weighted by Crippen LogP contribution is -2.40. The normalized spacial score (nSPS) is 18.8. The number of nitro groups is 1. The molecule has 1 saturated heterocycles. The fourth-order valence-corrected chi connectivity index (χ4v) is 4.58. The second-order valence-corrected chi connectivity index (χ2v) is 8.10. The number of carbonyl (C=O) groups excluding carboxylic acids is 1. The molecular formula is C16H16N2O6S. The van der Waals surface area contributed by atoms with E-state index in [2.05, 4.69) is 0 Å². The molecule has 0 unspecified atom stereocenters. The number of nitro benzene ring substituents is 1. The Morgan fingerprint density at radius 3 is 2.52 bits per heavy atom. The van der Waals surface area contributed by atoms with E-state index in [9.17, 15) is 23.3 Å². The van der Waals surface area contributed by atoms with Crippen LogP contribution in [-0.2, 0) is 16.4 Å². The van der Waals surface area contributed by atoms with Crippen LogP contribution >= 0.6 is 0 Å². The molecule has 0 radical (unpaired) electrons. The standard InChI is InChI=1S/C16H16N2O6S/c19-16(12-3-5-13(6-4-12)18(20)21)17(10-15-2-1-8-24-15)14-7-9-25(22,23)11-14/h1-6,8,14H,7,9-11H2/t14-/m0/s1. The Kier molecular flexibility index (Phi) is 4.58. The van der Waals surface area contributed by atoms with Gasteiger partial charge in [0.05, 0.1) is 29.2 Å². The molecule has 0 bridgehead atoms. The lowest BCUT2D eigenvalue weighted by molar-refractivity contribution is -0.384. The molecule has 1 aliphatic heterocycles. The van der Waals surface area contributed by atoms with Crippen molar-refractivity contribution in [1.82, 2.24) is 4.90 Å². The average molecular weight is 364 g/mol. The molecular weight excluding hydrogens is 348 g/mol. The van der Waals surface area contributed by atoms with Crippen LogP contribution < -0.4 is 0 Å². The monoisotopic (exact) mass is 364 g/mol. The van der Waals surface area contributed by atoms with Crippen LogP contribution in [0.25, 0.3) is 0 Å². The molecule has 1 fully saturated rings. The summed E-state index contributed by atoms with van der Waals surface area (Å²) < 4.78 is 28.9. The van der Waals surface area contributed by atoms with Gasteiger partial charge in [-0.2, -0.15) is 0 Å². The van der Waals surface area contributed by atoms with Crippen molar-refractivity contribution >= 4 is 21.4 Å². The summed E-state index contributed by atoms with van der Waals surface area (Å²) in [6.07, 6.45) is 1.84. The highest BCUT2D eigenvalue weighted by molar-refractivity contribution is 7.91. The molecule has 0 aliphatic carbocycles. The maximum Gasteiger partial charge on any atom is 0.269 e. The Morgan fingerprint density at radius 2 is 2.00 bits per heavy atom. The number of nitrogens with zero attached hydrogens (tertiary/aromatic N) is 2. The highest BCUT2D eigenvalue weighted by Gasteiger charge is 2.35. The van der Waals surface area contributed by atoms with Crippen LogP contribution in [0.5, 0.6) is 0 Å². The Hall–Kier alpha value is -2.68. The van der Waals surface area contributed by atoms with Crippen LogP contribution in [0.3, 0.4) is 0 Å². The fraction of sp³-hybridized carbons (Fsp3) is 0.312. The molecule has 132 valence electrons. The van der Waals surface area contributed by atoms with E-state index in [1.165, 1.54) is 35.4 Å². The molecule has 9 heteroatoms. The minimum atomic E-state index is -3.17. The topological polar surface area (TPSA) is 111 Å². The summed E-state index contributed by atoms with van der Waals surface area (Å²) in [6.45, 7) is 0.142. The predicted molar refractivity (Wildman–Crippen MR) is 88.7 cm³/mol. The van der Waals surface area contributed by atoms with Gasteiger partial charge in [-0.25, -0.2) is 8.42 Å². The van der Waals surface area contributed by atoms with E-state index in [1.54, 1.807) is 12.1 Å².